The molecule has 0 radical (unpaired) electrons. The lowest BCUT2D eigenvalue weighted by atomic mass is 9.93. The molecule has 0 aliphatic carbocycles. The highest BCUT2D eigenvalue weighted by Gasteiger charge is 2.31. The summed E-state index contributed by atoms with van der Waals surface area (Å²) in [5.41, 5.74) is 0.317. The number of carbonyl (C=O) groups is 2. The monoisotopic (exact) mass is 397 g/mol. The van der Waals surface area contributed by atoms with Gasteiger partial charge in [-0.1, -0.05) is 11.6 Å². The number of halogens is 1. The van der Waals surface area contributed by atoms with Crippen LogP contribution >= 0.6 is 11.6 Å². The first-order chi connectivity index (χ1) is 13.0. The van der Waals surface area contributed by atoms with Gasteiger partial charge in [0.1, 0.15) is 19.3 Å². The molecular formula is C18H22ClN2O6-. The largest absolute Gasteiger partial charge is 0.530 e. The van der Waals surface area contributed by atoms with Gasteiger partial charge in [0.05, 0.1) is 11.7 Å². The third-order valence-electron chi connectivity index (χ3n) is 4.71. The molecule has 1 saturated heterocycles. The number of rotatable bonds is 5. The van der Waals surface area contributed by atoms with E-state index in [0.29, 0.717) is 61.4 Å². The molecule has 0 saturated carbocycles. The third kappa shape index (κ3) is 4.56. The minimum Gasteiger partial charge on any atom is -0.530 e. The molecule has 2 atom stereocenters. The summed E-state index contributed by atoms with van der Waals surface area (Å²) in [6, 6.07) is 3.16. The highest BCUT2D eigenvalue weighted by Crippen LogP contribution is 2.36. The topological polar surface area (TPSA) is 100 Å². The van der Waals surface area contributed by atoms with Gasteiger partial charge in [0.2, 0.25) is 0 Å². The Hall–Kier alpha value is -2.19. The van der Waals surface area contributed by atoms with Gasteiger partial charge in [-0.3, -0.25) is 4.79 Å². The fraction of sp³-hybridized carbons (Fsp3) is 0.556. The van der Waals surface area contributed by atoms with E-state index in [4.69, 9.17) is 25.8 Å². The Labute approximate surface area is 162 Å². The maximum Gasteiger partial charge on any atom is 0.255 e. The second-order valence-corrected chi connectivity index (χ2v) is 6.88. The highest BCUT2D eigenvalue weighted by molar-refractivity contribution is 6.31. The van der Waals surface area contributed by atoms with Gasteiger partial charge >= 0.3 is 0 Å². The maximum absolute atomic E-state index is 12.7. The summed E-state index contributed by atoms with van der Waals surface area (Å²) in [6.45, 7) is 4.03. The Kier molecular flexibility index (Phi) is 6.28. The first-order valence-electron chi connectivity index (χ1n) is 8.94. The quantitative estimate of drug-likeness (QED) is 0.792. The number of fused-ring (bicyclic) bond motifs is 1. The third-order valence-corrected chi connectivity index (χ3v) is 4.93. The van der Waals surface area contributed by atoms with E-state index >= 15 is 0 Å². The normalized spacial score (nSPS) is 21.6. The van der Waals surface area contributed by atoms with Crippen molar-refractivity contribution in [3.05, 3.63) is 22.7 Å². The van der Waals surface area contributed by atoms with E-state index in [9.17, 15) is 14.7 Å². The van der Waals surface area contributed by atoms with Gasteiger partial charge in [0.25, 0.3) is 5.91 Å². The van der Waals surface area contributed by atoms with Crippen LogP contribution in [-0.4, -0.2) is 62.5 Å². The number of carboxylic acid groups (broad SMARTS) is 1. The summed E-state index contributed by atoms with van der Waals surface area (Å²) in [5, 5.41) is 14.4. The summed E-state index contributed by atoms with van der Waals surface area (Å²) < 4.78 is 16.7. The van der Waals surface area contributed by atoms with E-state index in [1.165, 1.54) is 4.90 Å². The molecular weight excluding hydrogens is 376 g/mol. The lowest BCUT2D eigenvalue weighted by molar-refractivity contribution is -0.268. The van der Waals surface area contributed by atoms with Gasteiger partial charge in [-0.05, 0) is 19.4 Å². The number of nitrogens with one attached hydrogen (secondary N) is 1. The van der Waals surface area contributed by atoms with E-state index in [1.54, 1.807) is 12.1 Å². The molecule has 9 heteroatoms. The summed E-state index contributed by atoms with van der Waals surface area (Å²) in [6.07, 6.45) is -0.925. The molecule has 1 aromatic carbocycles. The Morgan fingerprint density at radius 1 is 1.37 bits per heavy atom. The fourth-order valence-corrected chi connectivity index (χ4v) is 3.58. The van der Waals surface area contributed by atoms with E-state index in [2.05, 4.69) is 5.32 Å². The number of nitrogens with zero attached hydrogens (tertiary/aromatic N) is 1. The number of ether oxygens (including phenoxy) is 3. The molecule has 0 spiro atoms. The van der Waals surface area contributed by atoms with Crippen LogP contribution in [0.5, 0.6) is 11.5 Å². The minimum atomic E-state index is -1.20. The van der Waals surface area contributed by atoms with Gasteiger partial charge in [0.15, 0.2) is 11.5 Å². The summed E-state index contributed by atoms with van der Waals surface area (Å²) in [4.78, 5) is 25.0. The van der Waals surface area contributed by atoms with Gasteiger partial charge in [-0.25, -0.2) is 0 Å². The molecule has 2 unspecified atom stereocenters. The number of amides is 2. The zero-order valence-electron chi connectivity index (χ0n) is 15.0. The van der Waals surface area contributed by atoms with Crippen molar-refractivity contribution in [2.75, 3.05) is 39.5 Å². The van der Waals surface area contributed by atoms with Crippen LogP contribution in [0.1, 0.15) is 23.7 Å². The number of hydrogen-bond acceptors (Lipinski definition) is 6. The standard InChI is InChI=1S/C18H23ClN2O6/c1-2-25-15-10-21(18(23)24)4-3-11(15)9-20-17(22)13-7-12(19)8-14-16(13)27-6-5-26-14/h7-8,11,15H,2-6,9-10H2,1H3,(H,20,22)(H,23,24)/p-1. The van der Waals surface area contributed by atoms with E-state index in [-0.39, 0.29) is 24.5 Å². The van der Waals surface area contributed by atoms with Gasteiger partial charge in [0, 0.05) is 43.2 Å². The molecule has 148 valence electrons. The molecule has 2 aliphatic heterocycles. The molecule has 2 aliphatic rings. The molecule has 1 N–H and O–H groups in total. The van der Waals surface area contributed by atoms with Crippen LogP contribution in [0.15, 0.2) is 12.1 Å². The van der Waals surface area contributed by atoms with Crippen molar-refractivity contribution in [1.82, 2.24) is 10.2 Å². The number of likely N-dealkylation sites (tertiary alicyclic amines) is 1. The van der Waals surface area contributed by atoms with Crippen molar-refractivity contribution in [2.24, 2.45) is 5.92 Å². The molecule has 2 amide bonds. The minimum absolute atomic E-state index is 0.00308. The first-order valence-corrected chi connectivity index (χ1v) is 9.32. The van der Waals surface area contributed by atoms with Gasteiger partial charge < -0.3 is 34.3 Å². The van der Waals surface area contributed by atoms with Crippen molar-refractivity contribution in [2.45, 2.75) is 19.4 Å². The number of carbonyl (C=O) groups excluding carboxylic acids is 2. The number of benzene rings is 1. The van der Waals surface area contributed by atoms with Crippen molar-refractivity contribution >= 4 is 23.6 Å². The number of hydrogen-bond donors (Lipinski definition) is 1. The second-order valence-electron chi connectivity index (χ2n) is 6.44. The fourth-order valence-electron chi connectivity index (χ4n) is 3.38. The number of piperidine rings is 1. The molecule has 1 fully saturated rings. The summed E-state index contributed by atoms with van der Waals surface area (Å²) >= 11 is 6.08. The predicted molar refractivity (Wildman–Crippen MR) is 95.3 cm³/mol. The molecule has 27 heavy (non-hydrogen) atoms. The van der Waals surface area contributed by atoms with Gasteiger partial charge in [-0.15, -0.1) is 0 Å². The Bertz CT molecular complexity index is 713. The van der Waals surface area contributed by atoms with E-state index < -0.39 is 6.09 Å². The van der Waals surface area contributed by atoms with Gasteiger partial charge in [-0.2, -0.15) is 0 Å². The van der Waals surface area contributed by atoms with Crippen LogP contribution in [0.4, 0.5) is 4.79 Å². The van der Waals surface area contributed by atoms with Crippen molar-refractivity contribution in [3.63, 3.8) is 0 Å². The molecule has 1 aromatic rings. The molecule has 8 nitrogen and oxygen atoms in total. The summed E-state index contributed by atoms with van der Waals surface area (Å²) in [7, 11) is 0. The van der Waals surface area contributed by atoms with Crippen LogP contribution in [0.2, 0.25) is 5.02 Å². The van der Waals surface area contributed by atoms with E-state index in [1.807, 2.05) is 6.92 Å². The van der Waals surface area contributed by atoms with Crippen LogP contribution in [0.25, 0.3) is 0 Å². The average molecular weight is 398 g/mol. The average Bonchev–Trinajstić information content (AvgIpc) is 2.66. The van der Waals surface area contributed by atoms with Crippen LogP contribution < -0.4 is 19.9 Å². The Balaban J connectivity index is 1.66. The maximum atomic E-state index is 12.7. The van der Waals surface area contributed by atoms with Crippen molar-refractivity contribution in [3.8, 4) is 11.5 Å². The Morgan fingerprint density at radius 2 is 2.15 bits per heavy atom. The van der Waals surface area contributed by atoms with Crippen molar-refractivity contribution in [1.29, 1.82) is 0 Å². The molecule has 0 bridgehead atoms. The van der Waals surface area contributed by atoms with E-state index in [0.717, 1.165) is 0 Å². The molecule has 0 aromatic heterocycles. The van der Waals surface area contributed by atoms with Crippen molar-refractivity contribution < 1.29 is 28.9 Å². The highest BCUT2D eigenvalue weighted by atomic mass is 35.5. The zero-order valence-corrected chi connectivity index (χ0v) is 15.8. The molecule has 3 rings (SSSR count). The predicted octanol–water partition coefficient (Wildman–Crippen LogP) is 0.911. The second kappa shape index (κ2) is 8.67. The lowest BCUT2D eigenvalue weighted by Gasteiger charge is -2.39. The van der Waals surface area contributed by atoms with Crippen LogP contribution in [0, 0.1) is 5.92 Å². The lowest BCUT2D eigenvalue weighted by Crippen LogP contribution is -2.53. The zero-order chi connectivity index (χ0) is 19.4. The SMILES string of the molecule is CCOC1CN(C(=O)[O-])CCC1CNC(=O)c1cc(Cl)cc2c1OCCO2. The smallest absolute Gasteiger partial charge is 0.255 e. The van der Waals surface area contributed by atoms with Crippen LogP contribution in [0.3, 0.4) is 0 Å². The first kappa shape index (κ1) is 19.6. The molecule has 2 heterocycles. The summed E-state index contributed by atoms with van der Waals surface area (Å²) in [5.74, 6) is 0.512. The Morgan fingerprint density at radius 3 is 2.89 bits per heavy atom. The van der Waals surface area contributed by atoms with Crippen LogP contribution in [-0.2, 0) is 4.74 Å².